The first kappa shape index (κ1) is 44.8. The van der Waals surface area contributed by atoms with E-state index in [4.69, 9.17) is 9.47 Å². The van der Waals surface area contributed by atoms with Gasteiger partial charge in [0.2, 0.25) is 0 Å². The highest BCUT2D eigenvalue weighted by Crippen LogP contribution is 2.42. The largest absolute Gasteiger partial charge is 0.462 e. The topological polar surface area (TPSA) is 55.8 Å². The van der Waals surface area contributed by atoms with Crippen molar-refractivity contribution in [1.82, 2.24) is 4.90 Å². The van der Waals surface area contributed by atoms with E-state index in [-0.39, 0.29) is 40.2 Å². The predicted octanol–water partition coefficient (Wildman–Crippen LogP) is 11.3. The molecule has 0 N–H and O–H groups in total. The van der Waals surface area contributed by atoms with Crippen molar-refractivity contribution in [2.45, 2.75) is 161 Å². The lowest BCUT2D eigenvalue weighted by atomic mass is 9.70. The van der Waals surface area contributed by atoms with Crippen LogP contribution in [0, 0.1) is 32.5 Å². The molecule has 1 rings (SSSR count). The summed E-state index contributed by atoms with van der Waals surface area (Å²) in [5, 5.41) is 0. The third-order valence-corrected chi connectivity index (χ3v) is 10.6. The van der Waals surface area contributed by atoms with Crippen molar-refractivity contribution in [3.63, 3.8) is 0 Å². The number of carbonyl (C=O) groups excluding carboxylic acids is 2. The summed E-state index contributed by atoms with van der Waals surface area (Å²) in [7, 11) is 0. The Morgan fingerprint density at radius 1 is 0.708 bits per heavy atom. The summed E-state index contributed by atoms with van der Waals surface area (Å²) in [5.74, 6) is 1.72. The fourth-order valence-electron chi connectivity index (χ4n) is 8.13. The van der Waals surface area contributed by atoms with Crippen LogP contribution in [0.25, 0.3) is 0 Å². The van der Waals surface area contributed by atoms with Crippen molar-refractivity contribution >= 4 is 23.7 Å². The number of esters is 2. The van der Waals surface area contributed by atoms with Crippen molar-refractivity contribution in [3.05, 3.63) is 24.3 Å². The van der Waals surface area contributed by atoms with Crippen LogP contribution in [0.2, 0.25) is 0 Å². The predicted molar refractivity (Wildman–Crippen MR) is 208 cm³/mol. The minimum Gasteiger partial charge on any atom is -0.462 e. The van der Waals surface area contributed by atoms with Gasteiger partial charge in [0.15, 0.2) is 0 Å². The van der Waals surface area contributed by atoms with E-state index in [1.807, 2.05) is 18.7 Å². The van der Waals surface area contributed by atoms with E-state index in [0.29, 0.717) is 30.2 Å². The molecular formula is C42H77NO4S. The van der Waals surface area contributed by atoms with Crippen molar-refractivity contribution in [1.29, 1.82) is 0 Å². The number of carbonyl (C=O) groups is 2. The Labute approximate surface area is 302 Å². The fraction of sp³-hybridized carbons (Fsp3) is 0.857. The highest BCUT2D eigenvalue weighted by Gasteiger charge is 2.34. The van der Waals surface area contributed by atoms with Crippen molar-refractivity contribution < 1.29 is 19.1 Å². The molecule has 0 aromatic heterocycles. The van der Waals surface area contributed by atoms with Crippen LogP contribution < -0.4 is 0 Å². The summed E-state index contributed by atoms with van der Waals surface area (Å²) in [6.45, 7) is 34.1. The summed E-state index contributed by atoms with van der Waals surface area (Å²) < 4.78 is 11.9. The second kappa shape index (κ2) is 19.4. The summed E-state index contributed by atoms with van der Waals surface area (Å²) in [5.41, 5.74) is 0.392. The first-order valence-corrected chi connectivity index (χ1v) is 20.0. The van der Waals surface area contributed by atoms with Gasteiger partial charge >= 0.3 is 11.9 Å². The molecular weight excluding hydrogens is 615 g/mol. The first-order valence-electron chi connectivity index (χ1n) is 18.8. The number of hydrogen-bond acceptors (Lipinski definition) is 6. The molecule has 5 nitrogen and oxygen atoms in total. The Morgan fingerprint density at radius 3 is 1.71 bits per heavy atom. The van der Waals surface area contributed by atoms with Gasteiger partial charge in [0, 0.05) is 31.1 Å². The van der Waals surface area contributed by atoms with E-state index in [1.165, 1.54) is 12.8 Å². The van der Waals surface area contributed by atoms with Gasteiger partial charge < -0.3 is 9.47 Å². The van der Waals surface area contributed by atoms with Crippen LogP contribution >= 0.6 is 11.8 Å². The van der Waals surface area contributed by atoms with Gasteiger partial charge in [-0.1, -0.05) is 121 Å². The van der Waals surface area contributed by atoms with Crippen LogP contribution in [0.1, 0.15) is 155 Å². The number of hydrogen-bond donors (Lipinski definition) is 0. The summed E-state index contributed by atoms with van der Waals surface area (Å²) in [6.07, 6.45) is 16.5. The molecule has 0 amide bonds. The molecule has 0 saturated carbocycles. The minimum absolute atomic E-state index is 0.0571. The summed E-state index contributed by atoms with van der Waals surface area (Å²) in [4.78, 5) is 28.8. The minimum atomic E-state index is -0.466. The lowest BCUT2D eigenvalue weighted by Crippen LogP contribution is -2.42. The van der Waals surface area contributed by atoms with E-state index < -0.39 is 6.10 Å². The molecule has 0 bridgehead atoms. The standard InChI is InChI=1S/C42H77NO4S/c1-15-17-20-38(6,7)32-40(10,11)27-35(44)46-30-34(29-43-23-25-48-26-24-43)47-36(45)28-41(12,13)33-39(8,9)21-18-19-22-42(14,16-2)31-37(3,4)5/h15,17-19,34H,16,20-33H2,1-14H3/b17-15-,19-18-. The molecule has 1 aliphatic rings. The van der Waals surface area contributed by atoms with Crippen LogP contribution in [-0.4, -0.2) is 60.7 Å². The van der Waals surface area contributed by atoms with Crippen LogP contribution in [0.4, 0.5) is 0 Å². The van der Waals surface area contributed by atoms with Crippen LogP contribution in [0.15, 0.2) is 24.3 Å². The number of nitrogens with zero attached hydrogens (tertiary/aromatic N) is 1. The van der Waals surface area contributed by atoms with E-state index in [0.717, 1.165) is 56.7 Å². The lowest BCUT2D eigenvalue weighted by Gasteiger charge is -2.35. The van der Waals surface area contributed by atoms with Crippen LogP contribution in [0.5, 0.6) is 0 Å². The third-order valence-electron chi connectivity index (χ3n) is 9.62. The monoisotopic (exact) mass is 692 g/mol. The molecule has 280 valence electrons. The number of thioether (sulfide) groups is 1. The molecule has 1 aliphatic heterocycles. The SMILES string of the molecule is C/C=C\CC(C)(C)CC(C)(C)CC(=O)OCC(CN1CCSCC1)OC(=O)CC(C)(C)CC(C)(C)C/C=C\CC(C)(CC)CC(C)(C)C. The maximum Gasteiger partial charge on any atom is 0.306 e. The summed E-state index contributed by atoms with van der Waals surface area (Å²) >= 11 is 1.95. The summed E-state index contributed by atoms with van der Waals surface area (Å²) in [6, 6.07) is 0. The maximum atomic E-state index is 13.4. The molecule has 0 spiro atoms. The number of ether oxygens (including phenoxy) is 2. The third kappa shape index (κ3) is 20.4. The second-order valence-corrected chi connectivity index (χ2v) is 20.9. The van der Waals surface area contributed by atoms with Gasteiger partial charge in [0.25, 0.3) is 0 Å². The fourth-order valence-corrected chi connectivity index (χ4v) is 9.11. The van der Waals surface area contributed by atoms with Gasteiger partial charge in [0.05, 0.1) is 12.8 Å². The number of allylic oxidation sites excluding steroid dienone is 4. The highest BCUT2D eigenvalue weighted by molar-refractivity contribution is 7.99. The Kier molecular flexibility index (Phi) is 18.1. The van der Waals surface area contributed by atoms with E-state index in [1.54, 1.807) is 0 Å². The smallest absolute Gasteiger partial charge is 0.306 e. The molecule has 48 heavy (non-hydrogen) atoms. The molecule has 1 heterocycles. The van der Waals surface area contributed by atoms with E-state index >= 15 is 0 Å². The highest BCUT2D eigenvalue weighted by atomic mass is 32.2. The lowest BCUT2D eigenvalue weighted by molar-refractivity contribution is -0.163. The average Bonchev–Trinajstić information content (AvgIpc) is 2.90. The zero-order valence-electron chi connectivity index (χ0n) is 34.0. The Bertz CT molecular complexity index is 1030. The van der Waals surface area contributed by atoms with Crippen LogP contribution in [0.3, 0.4) is 0 Å². The Morgan fingerprint density at radius 2 is 1.21 bits per heavy atom. The molecule has 0 aromatic rings. The van der Waals surface area contributed by atoms with Crippen molar-refractivity contribution in [3.8, 4) is 0 Å². The first-order chi connectivity index (χ1) is 21.9. The van der Waals surface area contributed by atoms with Gasteiger partial charge in [-0.25, -0.2) is 0 Å². The normalized spacial score (nSPS) is 17.9. The Hall–Kier alpha value is -1.27. The van der Waals surface area contributed by atoms with Crippen LogP contribution in [-0.2, 0) is 19.1 Å². The molecule has 0 aromatic carbocycles. The zero-order chi connectivity index (χ0) is 36.9. The molecule has 1 saturated heterocycles. The van der Waals surface area contributed by atoms with Gasteiger partial charge in [-0.2, -0.15) is 11.8 Å². The molecule has 0 aliphatic carbocycles. The zero-order valence-corrected chi connectivity index (χ0v) is 34.8. The molecule has 0 radical (unpaired) electrons. The van der Waals surface area contributed by atoms with Gasteiger partial charge in [-0.3, -0.25) is 14.5 Å². The molecule has 2 unspecified atom stereocenters. The van der Waals surface area contributed by atoms with Crippen molar-refractivity contribution in [2.75, 3.05) is 37.7 Å². The van der Waals surface area contributed by atoms with Crippen molar-refractivity contribution in [2.24, 2.45) is 32.5 Å². The quantitative estimate of drug-likeness (QED) is 0.0882. The molecule has 1 fully saturated rings. The van der Waals surface area contributed by atoms with Gasteiger partial charge in [0.1, 0.15) is 12.7 Å². The second-order valence-electron chi connectivity index (χ2n) is 19.6. The van der Waals surface area contributed by atoms with Gasteiger partial charge in [-0.05, 0) is 77.9 Å². The molecule has 6 heteroatoms. The van der Waals surface area contributed by atoms with E-state index in [2.05, 4.69) is 119 Å². The maximum absolute atomic E-state index is 13.4. The average molecular weight is 692 g/mol. The van der Waals surface area contributed by atoms with E-state index in [9.17, 15) is 9.59 Å². The molecule has 2 atom stereocenters. The number of rotatable bonds is 21. The Balaban J connectivity index is 2.80. The van der Waals surface area contributed by atoms with Gasteiger partial charge in [-0.15, -0.1) is 0 Å².